The summed E-state index contributed by atoms with van der Waals surface area (Å²) in [7, 11) is -3.58. The third kappa shape index (κ3) is 4.53. The van der Waals surface area contributed by atoms with Crippen LogP contribution in [0.3, 0.4) is 0 Å². The fraction of sp³-hybridized carbons (Fsp3) is 0.217. The fourth-order valence-electron chi connectivity index (χ4n) is 3.88. The summed E-state index contributed by atoms with van der Waals surface area (Å²) in [6, 6.07) is 12.1. The summed E-state index contributed by atoms with van der Waals surface area (Å²) in [5.41, 5.74) is 0.783. The van der Waals surface area contributed by atoms with Crippen molar-refractivity contribution in [3.63, 3.8) is 0 Å². The molecule has 0 atom stereocenters. The van der Waals surface area contributed by atoms with Crippen LogP contribution in [0, 0.1) is 6.92 Å². The van der Waals surface area contributed by atoms with E-state index in [0.29, 0.717) is 30.2 Å². The van der Waals surface area contributed by atoms with Crippen molar-refractivity contribution < 1.29 is 17.6 Å². The van der Waals surface area contributed by atoms with Crippen molar-refractivity contribution in [3.8, 4) is 17.4 Å². The van der Waals surface area contributed by atoms with Gasteiger partial charge in [0.15, 0.2) is 5.76 Å². The highest BCUT2D eigenvalue weighted by atomic mass is 32.2. The maximum Gasteiger partial charge on any atom is 0.256 e. The number of sulfonamides is 1. The van der Waals surface area contributed by atoms with E-state index in [1.54, 1.807) is 25.1 Å². The topological polar surface area (TPSA) is 143 Å². The fourth-order valence-corrected chi connectivity index (χ4v) is 5.40. The van der Waals surface area contributed by atoms with Crippen LogP contribution in [-0.2, 0) is 10.0 Å². The minimum Gasteiger partial charge on any atom is -0.463 e. The number of H-pyrrole nitrogens is 1. The number of nitrogens with one attached hydrogen (secondary N) is 2. The van der Waals surface area contributed by atoms with Gasteiger partial charge in [-0.1, -0.05) is 0 Å². The molecule has 12 heteroatoms. The number of anilines is 1. The second-order valence-corrected chi connectivity index (χ2v) is 10.0. The minimum absolute atomic E-state index is 0.121. The Labute approximate surface area is 200 Å². The molecule has 1 fully saturated rings. The van der Waals surface area contributed by atoms with Crippen molar-refractivity contribution in [1.29, 1.82) is 0 Å². The lowest BCUT2D eigenvalue weighted by Gasteiger charge is -2.15. The SMILES string of the molecule is Cc1cc(=O)[nH]c(-n2nc(-c3ccco3)cc2NC(=O)c2ccc(S(=O)(=O)N3CCCC3)cc2)n1. The maximum absolute atomic E-state index is 13.0. The highest BCUT2D eigenvalue weighted by Crippen LogP contribution is 2.25. The van der Waals surface area contributed by atoms with Gasteiger partial charge in [0.1, 0.15) is 11.5 Å². The van der Waals surface area contributed by atoms with Crippen LogP contribution < -0.4 is 10.9 Å². The van der Waals surface area contributed by atoms with Crippen LogP contribution in [0.2, 0.25) is 0 Å². The number of amides is 1. The van der Waals surface area contributed by atoms with Crippen LogP contribution in [-0.4, -0.2) is 51.5 Å². The maximum atomic E-state index is 13.0. The Bertz CT molecular complexity index is 1530. The first-order valence-electron chi connectivity index (χ1n) is 11.0. The number of aryl methyl sites for hydroxylation is 1. The standard InChI is InChI=1S/C23H22N6O5S/c1-15-13-21(30)26-23(24-15)29-20(14-18(27-29)19-5-4-12-34-19)25-22(31)16-6-8-17(9-7-16)35(32,33)28-10-2-3-11-28/h4-9,12-14H,2-3,10-11H2,1H3,(H,25,31)(H,24,26,30). The third-order valence-corrected chi connectivity index (χ3v) is 7.51. The van der Waals surface area contributed by atoms with Gasteiger partial charge in [0.25, 0.3) is 11.5 Å². The molecule has 1 amide bonds. The van der Waals surface area contributed by atoms with E-state index in [-0.39, 0.29) is 27.8 Å². The molecule has 0 radical (unpaired) electrons. The summed E-state index contributed by atoms with van der Waals surface area (Å²) in [5, 5.41) is 7.19. The molecule has 0 spiro atoms. The zero-order chi connectivity index (χ0) is 24.6. The summed E-state index contributed by atoms with van der Waals surface area (Å²) >= 11 is 0. The Morgan fingerprint density at radius 1 is 1.11 bits per heavy atom. The molecule has 1 aliphatic rings. The number of benzene rings is 1. The monoisotopic (exact) mass is 494 g/mol. The Balaban J connectivity index is 1.45. The van der Waals surface area contributed by atoms with E-state index in [1.807, 2.05) is 0 Å². The van der Waals surface area contributed by atoms with Gasteiger partial charge < -0.3 is 9.73 Å². The van der Waals surface area contributed by atoms with Gasteiger partial charge in [-0.15, -0.1) is 0 Å². The van der Waals surface area contributed by atoms with E-state index >= 15 is 0 Å². The first kappa shape index (κ1) is 22.7. The number of carbonyl (C=O) groups excluding carboxylic acids is 1. The molecule has 3 aromatic heterocycles. The zero-order valence-corrected chi connectivity index (χ0v) is 19.6. The van der Waals surface area contributed by atoms with Gasteiger partial charge in [-0.05, 0) is 56.2 Å². The van der Waals surface area contributed by atoms with E-state index < -0.39 is 15.9 Å². The van der Waals surface area contributed by atoms with Gasteiger partial charge in [0.05, 0.1) is 11.2 Å². The Hall–Kier alpha value is -4.03. The molecule has 4 aromatic rings. The van der Waals surface area contributed by atoms with Crippen LogP contribution in [0.4, 0.5) is 5.82 Å². The van der Waals surface area contributed by atoms with Crippen LogP contribution in [0.15, 0.2) is 68.9 Å². The quantitative estimate of drug-likeness (QED) is 0.419. The molecule has 0 aliphatic carbocycles. The van der Waals surface area contributed by atoms with Gasteiger partial charge in [-0.25, -0.2) is 13.4 Å². The van der Waals surface area contributed by atoms with Crippen LogP contribution in [0.1, 0.15) is 28.9 Å². The molecule has 5 rings (SSSR count). The summed E-state index contributed by atoms with van der Waals surface area (Å²) in [5.74, 6) is 0.335. The first-order valence-corrected chi connectivity index (χ1v) is 12.4. The van der Waals surface area contributed by atoms with Gasteiger partial charge in [-0.3, -0.25) is 14.6 Å². The van der Waals surface area contributed by atoms with Crippen molar-refractivity contribution in [1.82, 2.24) is 24.1 Å². The van der Waals surface area contributed by atoms with Gasteiger partial charge in [0.2, 0.25) is 16.0 Å². The van der Waals surface area contributed by atoms with Crippen molar-refractivity contribution in [2.45, 2.75) is 24.7 Å². The highest BCUT2D eigenvalue weighted by Gasteiger charge is 2.27. The van der Waals surface area contributed by atoms with Gasteiger partial charge in [0, 0.05) is 36.5 Å². The molecular formula is C23H22N6O5S. The average molecular weight is 495 g/mol. The third-order valence-electron chi connectivity index (χ3n) is 5.60. The van der Waals surface area contributed by atoms with E-state index in [1.165, 1.54) is 45.6 Å². The number of hydrogen-bond donors (Lipinski definition) is 2. The van der Waals surface area contributed by atoms with Crippen LogP contribution >= 0.6 is 0 Å². The molecule has 0 saturated carbocycles. The first-order chi connectivity index (χ1) is 16.8. The molecule has 1 aromatic carbocycles. The smallest absolute Gasteiger partial charge is 0.256 e. The molecule has 4 heterocycles. The van der Waals surface area contributed by atoms with Crippen LogP contribution in [0.25, 0.3) is 17.4 Å². The number of furan rings is 1. The molecule has 0 bridgehead atoms. The summed E-state index contributed by atoms with van der Waals surface area (Å²) in [4.78, 5) is 32.1. The lowest BCUT2D eigenvalue weighted by Crippen LogP contribution is -2.27. The van der Waals surface area contributed by atoms with Crippen molar-refractivity contribution in [2.24, 2.45) is 0 Å². The summed E-state index contributed by atoms with van der Waals surface area (Å²) in [6.07, 6.45) is 3.18. The minimum atomic E-state index is -3.58. The van der Waals surface area contributed by atoms with Crippen molar-refractivity contribution >= 4 is 21.7 Å². The largest absolute Gasteiger partial charge is 0.463 e. The summed E-state index contributed by atoms with van der Waals surface area (Å²) < 4.78 is 33.7. The second-order valence-electron chi connectivity index (χ2n) is 8.10. The van der Waals surface area contributed by atoms with Gasteiger partial charge in [-0.2, -0.15) is 14.1 Å². The van der Waals surface area contributed by atoms with Gasteiger partial charge >= 0.3 is 0 Å². The lowest BCUT2D eigenvalue weighted by molar-refractivity contribution is 0.102. The Morgan fingerprint density at radius 3 is 2.51 bits per heavy atom. The number of hydrogen-bond acceptors (Lipinski definition) is 7. The lowest BCUT2D eigenvalue weighted by atomic mass is 10.2. The van der Waals surface area contributed by atoms with Crippen molar-refractivity contribution in [3.05, 3.63) is 76.4 Å². The molecule has 0 unspecified atom stereocenters. The zero-order valence-electron chi connectivity index (χ0n) is 18.8. The number of carbonyl (C=O) groups is 1. The predicted molar refractivity (Wildman–Crippen MR) is 127 cm³/mol. The summed E-state index contributed by atoms with van der Waals surface area (Å²) in [6.45, 7) is 2.68. The Morgan fingerprint density at radius 2 is 1.86 bits per heavy atom. The highest BCUT2D eigenvalue weighted by molar-refractivity contribution is 7.89. The molecule has 35 heavy (non-hydrogen) atoms. The van der Waals surface area contributed by atoms with Crippen LogP contribution in [0.5, 0.6) is 0 Å². The molecule has 180 valence electrons. The average Bonchev–Trinajstić information content (AvgIpc) is 3.60. The number of aromatic amines is 1. The van der Waals surface area contributed by atoms with E-state index in [0.717, 1.165) is 12.8 Å². The predicted octanol–water partition coefficient (Wildman–Crippen LogP) is 2.56. The molecule has 1 saturated heterocycles. The molecule has 2 N–H and O–H groups in total. The van der Waals surface area contributed by atoms with E-state index in [9.17, 15) is 18.0 Å². The second kappa shape index (κ2) is 8.96. The van der Waals surface area contributed by atoms with E-state index in [2.05, 4.69) is 20.4 Å². The molecule has 11 nitrogen and oxygen atoms in total. The van der Waals surface area contributed by atoms with E-state index in [4.69, 9.17) is 4.42 Å². The molecular weight excluding hydrogens is 472 g/mol. The van der Waals surface area contributed by atoms with Crippen molar-refractivity contribution in [2.75, 3.05) is 18.4 Å². The normalized spacial score (nSPS) is 14.3. The number of nitrogens with zero attached hydrogens (tertiary/aromatic N) is 4. The number of aromatic nitrogens is 4. The Kier molecular flexibility index (Phi) is 5.83. The molecule has 1 aliphatic heterocycles. The number of rotatable bonds is 6.